The van der Waals surface area contributed by atoms with Crippen molar-refractivity contribution in [3.63, 3.8) is 0 Å². The summed E-state index contributed by atoms with van der Waals surface area (Å²) in [4.78, 5) is 14.7. The van der Waals surface area contributed by atoms with Crippen LogP contribution in [0.3, 0.4) is 0 Å². The highest BCUT2D eigenvalue weighted by Gasteiger charge is 2.21. The highest BCUT2D eigenvalue weighted by molar-refractivity contribution is 14.0. The number of aromatic nitrogens is 2. The molecule has 0 amide bonds. The first-order valence-electron chi connectivity index (χ1n) is 8.85. The number of halogens is 1. The van der Waals surface area contributed by atoms with Gasteiger partial charge in [0.25, 0.3) is 0 Å². The van der Waals surface area contributed by atoms with Gasteiger partial charge in [0.15, 0.2) is 5.96 Å². The molecule has 5 nitrogen and oxygen atoms in total. The molecule has 1 aliphatic rings. The number of para-hydroxylation sites is 3. The molecule has 3 aromatic rings. The Balaban J connectivity index is 0.00000196. The lowest BCUT2D eigenvalue weighted by Gasteiger charge is -2.22. The zero-order valence-electron chi connectivity index (χ0n) is 14.9. The fraction of sp³-hybridized carbons (Fsp3) is 0.300. The van der Waals surface area contributed by atoms with Gasteiger partial charge in [-0.15, -0.1) is 24.0 Å². The molecule has 0 atom stereocenters. The average Bonchev–Trinajstić information content (AvgIpc) is 3.25. The van der Waals surface area contributed by atoms with Gasteiger partial charge in [0, 0.05) is 32.2 Å². The minimum absolute atomic E-state index is 0. The minimum atomic E-state index is 0. The number of anilines is 1. The standard InChI is InChI=1S/C20H23N5.HI/c1-21-20(25-14-12-15-7-2-5-10-18(15)25)22-13-6-11-19-23-16-8-3-4-9-17(16)24-19;/h2-5,7-10H,6,11-14H2,1H3,(H,21,22)(H,23,24);1H. The largest absolute Gasteiger partial charge is 0.356 e. The van der Waals surface area contributed by atoms with E-state index in [0.29, 0.717) is 0 Å². The summed E-state index contributed by atoms with van der Waals surface area (Å²) in [6, 6.07) is 16.7. The number of guanidine groups is 1. The average molecular weight is 461 g/mol. The van der Waals surface area contributed by atoms with E-state index in [2.05, 4.69) is 55.5 Å². The molecular formula is C20H24IN5. The molecule has 6 heteroatoms. The molecule has 26 heavy (non-hydrogen) atoms. The molecule has 4 rings (SSSR count). The zero-order valence-corrected chi connectivity index (χ0v) is 17.2. The number of aryl methyl sites for hydroxylation is 1. The molecule has 2 heterocycles. The summed E-state index contributed by atoms with van der Waals surface area (Å²) in [7, 11) is 1.85. The van der Waals surface area contributed by atoms with Crippen LogP contribution in [0.15, 0.2) is 53.5 Å². The lowest BCUT2D eigenvalue weighted by Crippen LogP contribution is -2.41. The minimum Gasteiger partial charge on any atom is -0.356 e. The summed E-state index contributed by atoms with van der Waals surface area (Å²) in [5.74, 6) is 2.00. The fourth-order valence-electron chi connectivity index (χ4n) is 3.43. The molecule has 136 valence electrons. The second-order valence-electron chi connectivity index (χ2n) is 6.31. The van der Waals surface area contributed by atoms with Crippen LogP contribution >= 0.6 is 24.0 Å². The molecule has 0 saturated carbocycles. The van der Waals surface area contributed by atoms with Crippen molar-refractivity contribution >= 4 is 46.7 Å². The Bertz CT molecular complexity index is 869. The van der Waals surface area contributed by atoms with E-state index < -0.39 is 0 Å². The second-order valence-corrected chi connectivity index (χ2v) is 6.31. The highest BCUT2D eigenvalue weighted by atomic mass is 127. The van der Waals surface area contributed by atoms with E-state index in [1.165, 1.54) is 11.3 Å². The molecule has 2 aromatic carbocycles. The third-order valence-electron chi connectivity index (χ3n) is 4.67. The van der Waals surface area contributed by atoms with Crippen LogP contribution in [0.2, 0.25) is 0 Å². The van der Waals surface area contributed by atoms with Crippen molar-refractivity contribution in [2.45, 2.75) is 19.3 Å². The molecule has 0 aliphatic carbocycles. The summed E-state index contributed by atoms with van der Waals surface area (Å²) in [6.45, 7) is 1.87. The van der Waals surface area contributed by atoms with E-state index >= 15 is 0 Å². The Morgan fingerprint density at radius 2 is 2.00 bits per heavy atom. The number of imidazole rings is 1. The van der Waals surface area contributed by atoms with E-state index in [0.717, 1.165) is 55.2 Å². The van der Waals surface area contributed by atoms with Gasteiger partial charge in [-0.25, -0.2) is 4.98 Å². The van der Waals surface area contributed by atoms with Gasteiger partial charge in [-0.1, -0.05) is 30.3 Å². The third kappa shape index (κ3) is 3.85. The van der Waals surface area contributed by atoms with Crippen molar-refractivity contribution < 1.29 is 0 Å². The van der Waals surface area contributed by atoms with E-state index in [9.17, 15) is 0 Å². The number of fused-ring (bicyclic) bond motifs is 2. The normalized spacial score (nSPS) is 13.6. The third-order valence-corrected chi connectivity index (χ3v) is 4.67. The maximum atomic E-state index is 4.63. The number of aliphatic imine (C=N–C) groups is 1. The molecule has 2 N–H and O–H groups in total. The van der Waals surface area contributed by atoms with Gasteiger partial charge in [0.05, 0.1) is 11.0 Å². The highest BCUT2D eigenvalue weighted by Crippen LogP contribution is 2.27. The summed E-state index contributed by atoms with van der Waals surface area (Å²) in [5.41, 5.74) is 4.81. The SMILES string of the molecule is CN=C(NCCCc1nc2ccccc2[nH]1)N1CCc2ccccc21.I. The van der Waals surface area contributed by atoms with E-state index in [4.69, 9.17) is 0 Å². The first kappa shape index (κ1) is 18.7. The van der Waals surface area contributed by atoms with Crippen LogP contribution in [0.4, 0.5) is 5.69 Å². The van der Waals surface area contributed by atoms with Crippen LogP contribution < -0.4 is 10.2 Å². The van der Waals surface area contributed by atoms with Gasteiger partial charge in [0.1, 0.15) is 5.82 Å². The van der Waals surface area contributed by atoms with Gasteiger partial charge in [-0.3, -0.25) is 4.99 Å². The first-order valence-corrected chi connectivity index (χ1v) is 8.85. The van der Waals surface area contributed by atoms with Crippen LogP contribution in [0.5, 0.6) is 0 Å². The molecule has 0 fully saturated rings. The summed E-state index contributed by atoms with van der Waals surface area (Å²) >= 11 is 0. The molecule has 1 aliphatic heterocycles. The van der Waals surface area contributed by atoms with Crippen LogP contribution in [-0.2, 0) is 12.8 Å². The molecule has 0 bridgehead atoms. The number of benzene rings is 2. The van der Waals surface area contributed by atoms with Gasteiger partial charge >= 0.3 is 0 Å². The topological polar surface area (TPSA) is 56.3 Å². The summed E-state index contributed by atoms with van der Waals surface area (Å²) in [6.07, 6.45) is 3.01. The molecule has 0 saturated heterocycles. The van der Waals surface area contributed by atoms with E-state index in [1.807, 2.05) is 25.2 Å². The van der Waals surface area contributed by atoms with Crippen LogP contribution in [0.25, 0.3) is 11.0 Å². The number of nitrogens with one attached hydrogen (secondary N) is 2. The van der Waals surface area contributed by atoms with Crippen LogP contribution in [0, 0.1) is 0 Å². The number of aromatic amines is 1. The van der Waals surface area contributed by atoms with Crippen molar-refractivity contribution in [1.29, 1.82) is 0 Å². The Kier molecular flexibility index (Phi) is 6.13. The van der Waals surface area contributed by atoms with E-state index in [-0.39, 0.29) is 24.0 Å². The van der Waals surface area contributed by atoms with Gasteiger partial charge in [-0.2, -0.15) is 0 Å². The predicted molar refractivity (Wildman–Crippen MR) is 119 cm³/mol. The van der Waals surface area contributed by atoms with Gasteiger partial charge in [0.2, 0.25) is 0 Å². The molecule has 0 unspecified atom stereocenters. The van der Waals surface area contributed by atoms with E-state index in [1.54, 1.807) is 0 Å². The maximum Gasteiger partial charge on any atom is 0.198 e. The number of nitrogens with zero attached hydrogens (tertiary/aromatic N) is 3. The van der Waals surface area contributed by atoms with Crippen LogP contribution in [-0.4, -0.2) is 36.1 Å². The first-order chi connectivity index (χ1) is 12.3. The molecule has 1 aromatic heterocycles. The quantitative estimate of drug-likeness (QED) is 0.269. The smallest absolute Gasteiger partial charge is 0.198 e. The summed E-state index contributed by atoms with van der Waals surface area (Å²) < 4.78 is 0. The lowest BCUT2D eigenvalue weighted by molar-refractivity contribution is 0.740. The molecule has 0 radical (unpaired) electrons. The monoisotopic (exact) mass is 461 g/mol. The predicted octanol–water partition coefficient (Wildman–Crippen LogP) is 3.75. The Hall–Kier alpha value is -2.09. The Morgan fingerprint density at radius 3 is 2.85 bits per heavy atom. The molecule has 0 spiro atoms. The van der Waals surface area contributed by atoms with Crippen molar-refractivity contribution in [1.82, 2.24) is 15.3 Å². The lowest BCUT2D eigenvalue weighted by atomic mass is 10.2. The number of hydrogen-bond donors (Lipinski definition) is 2. The van der Waals surface area contributed by atoms with Gasteiger partial charge in [-0.05, 0) is 36.6 Å². The Morgan fingerprint density at radius 1 is 1.19 bits per heavy atom. The molecular weight excluding hydrogens is 437 g/mol. The fourth-order valence-corrected chi connectivity index (χ4v) is 3.43. The summed E-state index contributed by atoms with van der Waals surface area (Å²) in [5, 5.41) is 3.49. The second kappa shape index (κ2) is 8.53. The van der Waals surface area contributed by atoms with Gasteiger partial charge < -0.3 is 15.2 Å². The Labute approximate surface area is 170 Å². The van der Waals surface area contributed by atoms with Crippen molar-refractivity contribution in [2.75, 3.05) is 25.0 Å². The number of H-pyrrole nitrogens is 1. The van der Waals surface area contributed by atoms with Crippen molar-refractivity contribution in [2.24, 2.45) is 4.99 Å². The zero-order chi connectivity index (χ0) is 17.1. The number of rotatable bonds is 4. The van der Waals surface area contributed by atoms with Crippen LogP contribution in [0.1, 0.15) is 17.8 Å². The van der Waals surface area contributed by atoms with Crippen molar-refractivity contribution in [3.8, 4) is 0 Å². The number of hydrogen-bond acceptors (Lipinski definition) is 2. The maximum absolute atomic E-state index is 4.63. The van der Waals surface area contributed by atoms with Crippen molar-refractivity contribution in [3.05, 3.63) is 59.9 Å².